The minimum atomic E-state index is 0.0335. The first kappa shape index (κ1) is 13.5. The van der Waals surface area contributed by atoms with Crippen molar-refractivity contribution >= 4 is 5.91 Å². The van der Waals surface area contributed by atoms with E-state index in [1.165, 1.54) is 0 Å². The zero-order valence-electron chi connectivity index (χ0n) is 10.6. The standard InChI is InChI=1S/C13H20N2O2/c1-10(11-6-4-5-7-12(11)16)14-9-8-13(17)15(2)3/h4-7,10,14,16H,8-9H2,1-3H3. The van der Waals surface area contributed by atoms with Gasteiger partial charge in [0.05, 0.1) is 0 Å². The number of nitrogens with one attached hydrogen (secondary N) is 1. The molecule has 94 valence electrons. The fraction of sp³-hybridized carbons (Fsp3) is 0.462. The number of hydrogen-bond acceptors (Lipinski definition) is 3. The van der Waals surface area contributed by atoms with E-state index in [-0.39, 0.29) is 17.7 Å². The van der Waals surface area contributed by atoms with Crippen LogP contribution in [0, 0.1) is 0 Å². The number of carbonyl (C=O) groups is 1. The molecular formula is C13H20N2O2. The van der Waals surface area contributed by atoms with Gasteiger partial charge in [0.25, 0.3) is 0 Å². The number of hydrogen-bond donors (Lipinski definition) is 2. The molecule has 0 bridgehead atoms. The Kier molecular flexibility index (Phi) is 4.97. The molecule has 1 atom stereocenters. The molecule has 1 aromatic carbocycles. The Morgan fingerprint density at radius 3 is 2.65 bits per heavy atom. The van der Waals surface area contributed by atoms with Crippen molar-refractivity contribution in [2.24, 2.45) is 0 Å². The Bertz CT molecular complexity index is 377. The van der Waals surface area contributed by atoms with E-state index in [0.717, 1.165) is 5.56 Å². The van der Waals surface area contributed by atoms with Crippen molar-refractivity contribution in [3.63, 3.8) is 0 Å². The van der Waals surface area contributed by atoms with Gasteiger partial charge in [0.15, 0.2) is 0 Å². The first-order valence-corrected chi connectivity index (χ1v) is 5.73. The van der Waals surface area contributed by atoms with Gasteiger partial charge in [-0.15, -0.1) is 0 Å². The topological polar surface area (TPSA) is 52.6 Å². The van der Waals surface area contributed by atoms with Crippen LogP contribution in [0.5, 0.6) is 5.75 Å². The molecule has 0 spiro atoms. The second kappa shape index (κ2) is 6.25. The van der Waals surface area contributed by atoms with E-state index in [9.17, 15) is 9.90 Å². The summed E-state index contributed by atoms with van der Waals surface area (Å²) in [5.74, 6) is 0.383. The maximum absolute atomic E-state index is 11.4. The molecule has 0 fully saturated rings. The number of amides is 1. The van der Waals surface area contributed by atoms with Gasteiger partial charge in [-0.2, -0.15) is 0 Å². The normalized spacial score (nSPS) is 12.2. The van der Waals surface area contributed by atoms with Crippen LogP contribution in [0.1, 0.15) is 24.9 Å². The Morgan fingerprint density at radius 2 is 2.06 bits per heavy atom. The third kappa shape index (κ3) is 4.07. The number of para-hydroxylation sites is 1. The molecular weight excluding hydrogens is 216 g/mol. The number of benzene rings is 1. The van der Waals surface area contributed by atoms with E-state index < -0.39 is 0 Å². The highest BCUT2D eigenvalue weighted by Gasteiger charge is 2.10. The molecule has 0 heterocycles. The van der Waals surface area contributed by atoms with Gasteiger partial charge in [0.2, 0.25) is 5.91 Å². The maximum atomic E-state index is 11.4. The first-order valence-electron chi connectivity index (χ1n) is 5.73. The van der Waals surface area contributed by atoms with Crippen LogP contribution in [0.2, 0.25) is 0 Å². The highest BCUT2D eigenvalue weighted by atomic mass is 16.3. The van der Waals surface area contributed by atoms with Gasteiger partial charge in [0.1, 0.15) is 5.75 Å². The third-order valence-electron chi connectivity index (χ3n) is 2.69. The number of rotatable bonds is 5. The average molecular weight is 236 g/mol. The van der Waals surface area contributed by atoms with Crippen molar-refractivity contribution in [3.05, 3.63) is 29.8 Å². The SMILES string of the molecule is CC(NCCC(=O)N(C)C)c1ccccc1O. The summed E-state index contributed by atoms with van der Waals surface area (Å²) in [7, 11) is 3.49. The molecule has 0 aliphatic rings. The molecule has 0 saturated heterocycles. The fourth-order valence-electron chi connectivity index (χ4n) is 1.58. The molecule has 0 radical (unpaired) electrons. The summed E-state index contributed by atoms with van der Waals surface area (Å²) >= 11 is 0. The van der Waals surface area contributed by atoms with E-state index >= 15 is 0 Å². The lowest BCUT2D eigenvalue weighted by Gasteiger charge is -2.16. The Morgan fingerprint density at radius 1 is 1.41 bits per heavy atom. The second-order valence-corrected chi connectivity index (χ2v) is 4.27. The molecule has 0 aromatic heterocycles. The molecule has 0 aliphatic heterocycles. The van der Waals surface area contributed by atoms with Crippen LogP contribution in [0.25, 0.3) is 0 Å². The molecule has 17 heavy (non-hydrogen) atoms. The number of phenols is 1. The lowest BCUT2D eigenvalue weighted by Crippen LogP contribution is -2.28. The number of phenolic OH excluding ortho intramolecular Hbond substituents is 1. The van der Waals surface area contributed by atoms with Gasteiger partial charge in [-0.1, -0.05) is 18.2 Å². The van der Waals surface area contributed by atoms with Crippen molar-refractivity contribution < 1.29 is 9.90 Å². The second-order valence-electron chi connectivity index (χ2n) is 4.27. The van der Waals surface area contributed by atoms with Crippen LogP contribution in [0.3, 0.4) is 0 Å². The van der Waals surface area contributed by atoms with E-state index in [1.807, 2.05) is 19.1 Å². The fourth-order valence-corrected chi connectivity index (χ4v) is 1.58. The zero-order valence-corrected chi connectivity index (χ0v) is 10.6. The first-order chi connectivity index (χ1) is 8.02. The van der Waals surface area contributed by atoms with E-state index in [1.54, 1.807) is 31.1 Å². The zero-order chi connectivity index (χ0) is 12.8. The van der Waals surface area contributed by atoms with Crippen LogP contribution in [-0.4, -0.2) is 36.6 Å². The van der Waals surface area contributed by atoms with Gasteiger partial charge >= 0.3 is 0 Å². The van der Waals surface area contributed by atoms with Crippen LogP contribution in [-0.2, 0) is 4.79 Å². The van der Waals surface area contributed by atoms with Crippen molar-refractivity contribution in [2.45, 2.75) is 19.4 Å². The molecule has 1 rings (SSSR count). The number of nitrogens with zero attached hydrogens (tertiary/aromatic N) is 1. The Balaban J connectivity index is 2.43. The van der Waals surface area contributed by atoms with Gasteiger partial charge < -0.3 is 15.3 Å². The van der Waals surface area contributed by atoms with Crippen molar-refractivity contribution in [1.82, 2.24) is 10.2 Å². The summed E-state index contributed by atoms with van der Waals surface area (Å²) < 4.78 is 0. The minimum Gasteiger partial charge on any atom is -0.508 e. The molecule has 4 nitrogen and oxygen atoms in total. The summed E-state index contributed by atoms with van der Waals surface area (Å²) in [4.78, 5) is 12.9. The summed E-state index contributed by atoms with van der Waals surface area (Å²) in [5.41, 5.74) is 0.852. The van der Waals surface area contributed by atoms with E-state index in [0.29, 0.717) is 13.0 Å². The van der Waals surface area contributed by atoms with Crippen LogP contribution < -0.4 is 5.32 Å². The molecule has 0 aliphatic carbocycles. The number of aromatic hydroxyl groups is 1. The molecule has 4 heteroatoms. The number of carbonyl (C=O) groups excluding carboxylic acids is 1. The monoisotopic (exact) mass is 236 g/mol. The Labute approximate surface area is 102 Å². The Hall–Kier alpha value is -1.55. The molecule has 1 amide bonds. The minimum absolute atomic E-state index is 0.0335. The smallest absolute Gasteiger partial charge is 0.223 e. The highest BCUT2D eigenvalue weighted by molar-refractivity contribution is 5.75. The third-order valence-corrected chi connectivity index (χ3v) is 2.69. The summed E-state index contributed by atoms with van der Waals surface area (Å²) in [6.07, 6.45) is 0.463. The van der Waals surface area contributed by atoms with E-state index in [2.05, 4.69) is 5.32 Å². The molecule has 1 aromatic rings. The van der Waals surface area contributed by atoms with Gasteiger partial charge in [-0.3, -0.25) is 4.79 Å². The molecule has 0 saturated carbocycles. The van der Waals surface area contributed by atoms with Crippen molar-refractivity contribution in [2.75, 3.05) is 20.6 Å². The maximum Gasteiger partial charge on any atom is 0.223 e. The lowest BCUT2D eigenvalue weighted by atomic mass is 10.1. The average Bonchev–Trinajstić information content (AvgIpc) is 2.29. The summed E-state index contributed by atoms with van der Waals surface area (Å²) in [5, 5.41) is 12.9. The summed E-state index contributed by atoms with van der Waals surface area (Å²) in [6.45, 7) is 2.57. The largest absolute Gasteiger partial charge is 0.508 e. The van der Waals surface area contributed by atoms with Crippen molar-refractivity contribution in [1.29, 1.82) is 0 Å². The molecule has 1 unspecified atom stereocenters. The molecule has 2 N–H and O–H groups in total. The van der Waals surface area contributed by atoms with Crippen molar-refractivity contribution in [3.8, 4) is 5.75 Å². The predicted octanol–water partition coefficient (Wildman–Crippen LogP) is 1.52. The predicted molar refractivity (Wildman–Crippen MR) is 67.8 cm³/mol. The van der Waals surface area contributed by atoms with E-state index in [4.69, 9.17) is 0 Å². The lowest BCUT2D eigenvalue weighted by molar-refractivity contribution is -0.128. The van der Waals surface area contributed by atoms with Crippen LogP contribution in [0.15, 0.2) is 24.3 Å². The van der Waals surface area contributed by atoms with Gasteiger partial charge in [-0.25, -0.2) is 0 Å². The summed E-state index contributed by atoms with van der Waals surface area (Å²) in [6, 6.07) is 7.25. The van der Waals surface area contributed by atoms with Crippen LogP contribution >= 0.6 is 0 Å². The quantitative estimate of drug-likeness (QED) is 0.815. The highest BCUT2D eigenvalue weighted by Crippen LogP contribution is 2.22. The van der Waals surface area contributed by atoms with Gasteiger partial charge in [-0.05, 0) is 13.0 Å². The van der Waals surface area contributed by atoms with Gasteiger partial charge in [0, 0.05) is 38.7 Å². The van der Waals surface area contributed by atoms with Crippen LogP contribution in [0.4, 0.5) is 0 Å².